The van der Waals surface area contributed by atoms with Gasteiger partial charge in [0.2, 0.25) is 5.91 Å². The van der Waals surface area contributed by atoms with Crippen molar-refractivity contribution in [2.75, 3.05) is 10.7 Å². The molecule has 0 N–H and O–H groups in total. The van der Waals surface area contributed by atoms with E-state index in [9.17, 15) is 9.18 Å². The number of benzene rings is 2. The number of amides is 1. The van der Waals surface area contributed by atoms with Gasteiger partial charge in [-0.05, 0) is 42.0 Å². The molecule has 1 saturated heterocycles. The zero-order chi connectivity index (χ0) is 15.0. The summed E-state index contributed by atoms with van der Waals surface area (Å²) in [6.45, 7) is 0. The second-order valence-electron chi connectivity index (χ2n) is 4.58. The van der Waals surface area contributed by atoms with Crippen LogP contribution in [0.15, 0.2) is 42.5 Å². The maximum absolute atomic E-state index is 13.0. The molecule has 0 unspecified atom stereocenters. The van der Waals surface area contributed by atoms with E-state index >= 15 is 0 Å². The van der Waals surface area contributed by atoms with Crippen LogP contribution in [0, 0.1) is 5.82 Å². The molecule has 6 heteroatoms. The van der Waals surface area contributed by atoms with Gasteiger partial charge in [0.25, 0.3) is 0 Å². The van der Waals surface area contributed by atoms with Crippen molar-refractivity contribution in [3.63, 3.8) is 0 Å². The topological polar surface area (TPSA) is 20.3 Å². The van der Waals surface area contributed by atoms with Gasteiger partial charge in [-0.3, -0.25) is 9.69 Å². The molecule has 2 aromatic carbocycles. The predicted octanol–water partition coefficient (Wildman–Crippen LogP) is 4.91. The van der Waals surface area contributed by atoms with E-state index in [2.05, 4.69) is 0 Å². The van der Waals surface area contributed by atoms with Gasteiger partial charge >= 0.3 is 0 Å². The average Bonchev–Trinajstić information content (AvgIpc) is 2.85. The number of carbonyl (C=O) groups excluding carboxylic acids is 1. The number of rotatable bonds is 2. The smallest absolute Gasteiger partial charge is 0.238 e. The van der Waals surface area contributed by atoms with Crippen molar-refractivity contribution in [2.24, 2.45) is 0 Å². The minimum absolute atomic E-state index is 0.0114. The fourth-order valence-electron chi connectivity index (χ4n) is 2.22. The average molecular weight is 342 g/mol. The minimum atomic E-state index is -0.330. The molecule has 0 aromatic heterocycles. The van der Waals surface area contributed by atoms with Crippen LogP contribution in [-0.2, 0) is 4.79 Å². The van der Waals surface area contributed by atoms with E-state index < -0.39 is 0 Å². The van der Waals surface area contributed by atoms with Crippen molar-refractivity contribution in [3.05, 3.63) is 63.9 Å². The van der Waals surface area contributed by atoms with Crippen LogP contribution < -0.4 is 4.90 Å². The van der Waals surface area contributed by atoms with Gasteiger partial charge in [-0.25, -0.2) is 4.39 Å². The standard InChI is InChI=1S/C15H10Cl2FNOS/c16-12-6-1-9(7-13(12)17)15-19(14(20)8-21-15)11-4-2-10(18)3-5-11/h1-7,15H,8H2/t15-/m0/s1. The van der Waals surface area contributed by atoms with Crippen LogP contribution in [0.3, 0.4) is 0 Å². The summed E-state index contributed by atoms with van der Waals surface area (Å²) in [7, 11) is 0. The van der Waals surface area contributed by atoms with E-state index in [1.54, 1.807) is 29.2 Å². The van der Waals surface area contributed by atoms with Crippen LogP contribution in [0.2, 0.25) is 10.0 Å². The van der Waals surface area contributed by atoms with E-state index in [-0.39, 0.29) is 17.1 Å². The van der Waals surface area contributed by atoms with E-state index in [0.717, 1.165) is 5.56 Å². The molecule has 2 aromatic rings. The second kappa shape index (κ2) is 5.87. The molecular formula is C15H10Cl2FNOS. The molecule has 0 bridgehead atoms. The van der Waals surface area contributed by atoms with Crippen molar-refractivity contribution in [1.29, 1.82) is 0 Å². The van der Waals surface area contributed by atoms with E-state index in [1.807, 2.05) is 6.07 Å². The summed E-state index contributed by atoms with van der Waals surface area (Å²) in [6.07, 6.45) is 0. The first-order chi connectivity index (χ1) is 10.1. The molecular weight excluding hydrogens is 332 g/mol. The lowest BCUT2D eigenvalue weighted by Gasteiger charge is -2.24. The first-order valence-electron chi connectivity index (χ1n) is 6.20. The lowest BCUT2D eigenvalue weighted by Crippen LogP contribution is -2.27. The first-order valence-corrected chi connectivity index (χ1v) is 8.01. The Morgan fingerprint density at radius 3 is 2.48 bits per heavy atom. The summed E-state index contributed by atoms with van der Waals surface area (Å²) in [6, 6.07) is 11.2. The molecule has 1 amide bonds. The zero-order valence-electron chi connectivity index (χ0n) is 10.7. The van der Waals surface area contributed by atoms with Crippen LogP contribution in [-0.4, -0.2) is 11.7 Å². The molecule has 1 heterocycles. The third-order valence-electron chi connectivity index (χ3n) is 3.20. The number of carbonyl (C=O) groups is 1. The Labute approximate surface area is 135 Å². The van der Waals surface area contributed by atoms with Gasteiger partial charge in [-0.1, -0.05) is 29.3 Å². The number of hydrogen-bond donors (Lipinski definition) is 0. The van der Waals surface area contributed by atoms with Gasteiger partial charge in [-0.2, -0.15) is 0 Å². The highest BCUT2D eigenvalue weighted by molar-refractivity contribution is 8.00. The Kier molecular flexibility index (Phi) is 4.11. The minimum Gasteiger partial charge on any atom is -0.295 e. The molecule has 0 radical (unpaired) electrons. The molecule has 0 aliphatic carbocycles. The van der Waals surface area contributed by atoms with Crippen molar-refractivity contribution < 1.29 is 9.18 Å². The van der Waals surface area contributed by atoms with Crippen LogP contribution in [0.5, 0.6) is 0 Å². The highest BCUT2D eigenvalue weighted by Crippen LogP contribution is 2.42. The predicted molar refractivity (Wildman–Crippen MR) is 85.5 cm³/mol. The summed E-state index contributed by atoms with van der Waals surface area (Å²) >= 11 is 13.5. The monoisotopic (exact) mass is 341 g/mol. The summed E-state index contributed by atoms with van der Waals surface area (Å²) in [5.41, 5.74) is 1.56. The van der Waals surface area contributed by atoms with E-state index in [0.29, 0.717) is 21.5 Å². The first kappa shape index (κ1) is 14.7. The summed E-state index contributed by atoms with van der Waals surface area (Å²) in [5.74, 6) is 0.0364. The highest BCUT2D eigenvalue weighted by atomic mass is 35.5. The van der Waals surface area contributed by atoms with Gasteiger partial charge in [0.05, 0.1) is 15.8 Å². The van der Waals surface area contributed by atoms with E-state index in [4.69, 9.17) is 23.2 Å². The molecule has 0 saturated carbocycles. The molecule has 0 spiro atoms. The number of nitrogens with zero attached hydrogens (tertiary/aromatic N) is 1. The summed E-state index contributed by atoms with van der Waals surface area (Å²) in [5, 5.41) is 0.744. The van der Waals surface area contributed by atoms with Gasteiger partial charge in [0.15, 0.2) is 0 Å². The third kappa shape index (κ3) is 2.89. The Hall–Kier alpha value is -1.23. The Balaban J connectivity index is 1.99. The summed E-state index contributed by atoms with van der Waals surface area (Å²) in [4.78, 5) is 13.8. The summed E-state index contributed by atoms with van der Waals surface area (Å²) < 4.78 is 13.0. The van der Waals surface area contributed by atoms with Gasteiger partial charge in [-0.15, -0.1) is 11.8 Å². The maximum Gasteiger partial charge on any atom is 0.238 e. The van der Waals surface area contributed by atoms with Crippen LogP contribution >= 0.6 is 35.0 Å². The third-order valence-corrected chi connectivity index (χ3v) is 5.15. The SMILES string of the molecule is O=C1CS[C@@H](c2ccc(Cl)c(Cl)c2)N1c1ccc(F)cc1. The second-order valence-corrected chi connectivity index (χ2v) is 6.46. The fourth-order valence-corrected chi connectivity index (χ4v) is 3.69. The maximum atomic E-state index is 13.0. The quantitative estimate of drug-likeness (QED) is 0.773. The number of hydrogen-bond acceptors (Lipinski definition) is 2. The van der Waals surface area contributed by atoms with Crippen molar-refractivity contribution in [2.45, 2.75) is 5.37 Å². The normalized spacial score (nSPS) is 18.3. The zero-order valence-corrected chi connectivity index (χ0v) is 13.1. The number of halogens is 3. The molecule has 1 aliphatic rings. The van der Waals surface area contributed by atoms with Crippen LogP contribution in [0.1, 0.15) is 10.9 Å². The Bertz CT molecular complexity index is 693. The Morgan fingerprint density at radius 1 is 1.10 bits per heavy atom. The molecule has 3 rings (SSSR count). The van der Waals surface area contributed by atoms with Crippen LogP contribution in [0.25, 0.3) is 0 Å². The molecule has 1 fully saturated rings. The van der Waals surface area contributed by atoms with Crippen molar-refractivity contribution in [3.8, 4) is 0 Å². The lowest BCUT2D eigenvalue weighted by atomic mass is 10.2. The van der Waals surface area contributed by atoms with Gasteiger partial charge < -0.3 is 0 Å². The molecule has 21 heavy (non-hydrogen) atoms. The van der Waals surface area contributed by atoms with Gasteiger partial charge in [0, 0.05) is 5.69 Å². The number of thioether (sulfide) groups is 1. The van der Waals surface area contributed by atoms with E-state index in [1.165, 1.54) is 23.9 Å². The molecule has 108 valence electrons. The molecule has 2 nitrogen and oxygen atoms in total. The van der Waals surface area contributed by atoms with Gasteiger partial charge in [0.1, 0.15) is 11.2 Å². The van der Waals surface area contributed by atoms with Crippen molar-refractivity contribution in [1.82, 2.24) is 0 Å². The highest BCUT2D eigenvalue weighted by Gasteiger charge is 2.34. The Morgan fingerprint density at radius 2 is 1.81 bits per heavy atom. The largest absolute Gasteiger partial charge is 0.295 e. The van der Waals surface area contributed by atoms with Crippen molar-refractivity contribution >= 4 is 46.6 Å². The molecule has 1 aliphatic heterocycles. The fraction of sp³-hybridized carbons (Fsp3) is 0.133. The number of anilines is 1. The molecule has 1 atom stereocenters. The lowest BCUT2D eigenvalue weighted by molar-refractivity contribution is -0.115. The van der Waals surface area contributed by atoms with Crippen LogP contribution in [0.4, 0.5) is 10.1 Å².